The van der Waals surface area contributed by atoms with Crippen LogP contribution in [0.15, 0.2) is 23.2 Å². The summed E-state index contributed by atoms with van der Waals surface area (Å²) in [5, 5.41) is 18.7. The van der Waals surface area contributed by atoms with E-state index in [4.69, 9.17) is 38.2 Å². The van der Waals surface area contributed by atoms with E-state index in [1.807, 2.05) is 0 Å². The third-order valence-corrected chi connectivity index (χ3v) is 2.71. The van der Waals surface area contributed by atoms with Crippen molar-refractivity contribution in [3.8, 4) is 0 Å². The molecule has 0 heterocycles. The molecule has 20 heavy (non-hydrogen) atoms. The number of ether oxygens (including phenoxy) is 1. The molecular formula is C12H11Cl2NO5. The average Bonchev–Trinajstić information content (AvgIpc) is 2.31. The van der Waals surface area contributed by atoms with Crippen molar-refractivity contribution in [2.24, 2.45) is 10.9 Å². The predicted octanol–water partition coefficient (Wildman–Crippen LogP) is 2.50. The van der Waals surface area contributed by atoms with E-state index in [2.05, 4.69) is 4.99 Å². The number of carboxylic acid groups (broad SMARTS) is 2. The first-order valence-electron chi connectivity index (χ1n) is 5.35. The first-order valence-corrected chi connectivity index (χ1v) is 6.10. The monoisotopic (exact) mass is 319 g/mol. The Bertz CT molecular complexity index is 539. The van der Waals surface area contributed by atoms with E-state index in [1.54, 1.807) is 0 Å². The van der Waals surface area contributed by atoms with Gasteiger partial charge in [0.15, 0.2) is 0 Å². The van der Waals surface area contributed by atoms with Gasteiger partial charge in [0.1, 0.15) is 11.6 Å². The summed E-state index contributed by atoms with van der Waals surface area (Å²) in [6, 6.07) is 4.20. The van der Waals surface area contributed by atoms with E-state index in [0.717, 1.165) is 0 Å². The zero-order chi connectivity index (χ0) is 15.3. The highest BCUT2D eigenvalue weighted by atomic mass is 35.5. The number of rotatable bonds is 6. The van der Waals surface area contributed by atoms with Crippen LogP contribution in [-0.4, -0.2) is 41.6 Å². The maximum atomic E-state index is 11.2. The molecule has 0 spiro atoms. The molecule has 1 aromatic carbocycles. The molecule has 108 valence electrons. The smallest absolute Gasteiger partial charge is 0.351 e. The van der Waals surface area contributed by atoms with Crippen LogP contribution in [0.2, 0.25) is 10.0 Å². The summed E-state index contributed by atoms with van der Waals surface area (Å²) in [5.41, 5.74) is -0.403. The standard InChI is InChI=1S/C12H11Cl2NO5/c1-20-5-9(11(16)17)10(12(18)19)15-8-3-6(13)2-7(14)4-8/h2-4,9H,5H2,1H3,(H,16,17)(H,18,19). The zero-order valence-electron chi connectivity index (χ0n) is 10.3. The number of aliphatic imine (C=N–C) groups is 1. The average molecular weight is 320 g/mol. The van der Waals surface area contributed by atoms with Crippen LogP contribution in [0.5, 0.6) is 0 Å². The van der Waals surface area contributed by atoms with Crippen LogP contribution in [-0.2, 0) is 14.3 Å². The van der Waals surface area contributed by atoms with Gasteiger partial charge in [-0.1, -0.05) is 23.2 Å². The summed E-state index contributed by atoms with van der Waals surface area (Å²) in [7, 11) is 1.27. The maximum Gasteiger partial charge on any atom is 0.351 e. The molecule has 0 aliphatic heterocycles. The van der Waals surface area contributed by atoms with Crippen molar-refractivity contribution >= 4 is 46.5 Å². The number of benzene rings is 1. The van der Waals surface area contributed by atoms with Crippen molar-refractivity contribution in [2.75, 3.05) is 13.7 Å². The molecular weight excluding hydrogens is 309 g/mol. The fraction of sp³-hybridized carbons (Fsp3) is 0.250. The molecule has 0 bridgehead atoms. The second-order valence-electron chi connectivity index (χ2n) is 3.78. The SMILES string of the molecule is COCC(C(=O)O)C(=Nc1cc(Cl)cc(Cl)c1)C(=O)O. The number of methoxy groups -OCH3 is 1. The number of aliphatic carboxylic acids is 2. The zero-order valence-corrected chi connectivity index (χ0v) is 11.9. The Labute approximate surface area is 124 Å². The summed E-state index contributed by atoms with van der Waals surface area (Å²) in [6.45, 7) is -0.311. The Morgan fingerprint density at radius 2 is 1.80 bits per heavy atom. The normalized spacial score (nSPS) is 13.1. The van der Waals surface area contributed by atoms with Crippen molar-refractivity contribution in [1.29, 1.82) is 0 Å². The Hall–Kier alpha value is -1.63. The molecule has 6 nitrogen and oxygen atoms in total. The molecule has 1 rings (SSSR count). The van der Waals surface area contributed by atoms with Gasteiger partial charge in [0.05, 0.1) is 12.3 Å². The molecule has 2 N–H and O–H groups in total. The van der Waals surface area contributed by atoms with E-state index in [-0.39, 0.29) is 22.3 Å². The molecule has 0 saturated heterocycles. The van der Waals surface area contributed by atoms with E-state index in [9.17, 15) is 9.59 Å². The minimum atomic E-state index is -1.45. The molecule has 0 saturated carbocycles. The number of halogens is 2. The Morgan fingerprint density at radius 1 is 1.25 bits per heavy atom. The number of carboxylic acids is 2. The van der Waals surface area contributed by atoms with Crippen LogP contribution in [0.4, 0.5) is 5.69 Å². The highest BCUT2D eigenvalue weighted by molar-refractivity contribution is 6.40. The first kappa shape index (κ1) is 16.4. The molecule has 0 fully saturated rings. The lowest BCUT2D eigenvalue weighted by Crippen LogP contribution is -2.33. The van der Waals surface area contributed by atoms with Crippen LogP contribution in [0, 0.1) is 5.92 Å². The van der Waals surface area contributed by atoms with Gasteiger partial charge in [0.25, 0.3) is 0 Å². The lowest BCUT2D eigenvalue weighted by molar-refractivity contribution is -0.142. The second-order valence-corrected chi connectivity index (χ2v) is 4.65. The lowest BCUT2D eigenvalue weighted by atomic mass is 10.0. The van der Waals surface area contributed by atoms with E-state index in [0.29, 0.717) is 0 Å². The van der Waals surface area contributed by atoms with E-state index < -0.39 is 23.6 Å². The quantitative estimate of drug-likeness (QED) is 0.785. The molecule has 1 unspecified atom stereocenters. The molecule has 1 atom stereocenters. The van der Waals surface area contributed by atoms with Crippen LogP contribution < -0.4 is 0 Å². The minimum Gasteiger partial charge on any atom is -0.481 e. The first-order chi connectivity index (χ1) is 9.35. The van der Waals surface area contributed by atoms with Gasteiger partial charge < -0.3 is 14.9 Å². The molecule has 0 aliphatic carbocycles. The van der Waals surface area contributed by atoms with E-state index >= 15 is 0 Å². The molecule has 0 aliphatic rings. The molecule has 8 heteroatoms. The molecule has 1 aromatic rings. The third-order valence-electron chi connectivity index (χ3n) is 2.28. The number of hydrogen-bond acceptors (Lipinski definition) is 4. The van der Waals surface area contributed by atoms with Crippen LogP contribution in [0.3, 0.4) is 0 Å². The van der Waals surface area contributed by atoms with Gasteiger partial charge >= 0.3 is 11.9 Å². The fourth-order valence-electron chi connectivity index (χ4n) is 1.45. The van der Waals surface area contributed by atoms with Crippen molar-refractivity contribution in [3.05, 3.63) is 28.2 Å². The highest BCUT2D eigenvalue weighted by Crippen LogP contribution is 2.25. The van der Waals surface area contributed by atoms with Gasteiger partial charge in [0.2, 0.25) is 0 Å². The second kappa shape index (κ2) is 7.23. The fourth-order valence-corrected chi connectivity index (χ4v) is 1.97. The van der Waals surface area contributed by atoms with Crippen LogP contribution >= 0.6 is 23.2 Å². The Morgan fingerprint density at radius 3 is 2.20 bits per heavy atom. The summed E-state index contributed by atoms with van der Waals surface area (Å²) in [6.07, 6.45) is 0. The summed E-state index contributed by atoms with van der Waals surface area (Å²) in [5.74, 6) is -4.19. The molecule has 0 amide bonds. The predicted molar refractivity (Wildman–Crippen MR) is 74.2 cm³/mol. The van der Waals surface area contributed by atoms with Crippen LogP contribution in [0.1, 0.15) is 0 Å². The van der Waals surface area contributed by atoms with Gasteiger partial charge in [-0.2, -0.15) is 0 Å². The summed E-state index contributed by atoms with van der Waals surface area (Å²) in [4.78, 5) is 26.1. The van der Waals surface area contributed by atoms with Gasteiger partial charge in [-0.15, -0.1) is 0 Å². The Kier molecular flexibility index (Phi) is 5.94. The van der Waals surface area contributed by atoms with Crippen molar-refractivity contribution in [3.63, 3.8) is 0 Å². The number of nitrogens with zero attached hydrogens (tertiary/aromatic N) is 1. The Balaban J connectivity index is 3.27. The van der Waals surface area contributed by atoms with Crippen molar-refractivity contribution in [1.82, 2.24) is 0 Å². The molecule has 0 radical (unpaired) electrons. The largest absolute Gasteiger partial charge is 0.481 e. The van der Waals surface area contributed by atoms with Gasteiger partial charge in [-0.3, -0.25) is 4.79 Å². The maximum absolute atomic E-state index is 11.2. The van der Waals surface area contributed by atoms with Gasteiger partial charge in [-0.05, 0) is 18.2 Å². The van der Waals surface area contributed by atoms with Crippen LogP contribution in [0.25, 0.3) is 0 Å². The highest BCUT2D eigenvalue weighted by Gasteiger charge is 2.29. The minimum absolute atomic E-state index is 0.155. The van der Waals surface area contributed by atoms with Gasteiger partial charge in [-0.25, -0.2) is 9.79 Å². The third kappa shape index (κ3) is 4.48. The van der Waals surface area contributed by atoms with Crippen molar-refractivity contribution in [2.45, 2.75) is 0 Å². The lowest BCUT2D eigenvalue weighted by Gasteiger charge is -2.11. The molecule has 0 aromatic heterocycles. The number of carbonyl (C=O) groups is 2. The topological polar surface area (TPSA) is 96.2 Å². The van der Waals surface area contributed by atoms with Crippen molar-refractivity contribution < 1.29 is 24.5 Å². The van der Waals surface area contributed by atoms with Gasteiger partial charge in [0, 0.05) is 17.2 Å². The summed E-state index contributed by atoms with van der Waals surface area (Å²) < 4.78 is 4.70. The summed E-state index contributed by atoms with van der Waals surface area (Å²) >= 11 is 11.5. The van der Waals surface area contributed by atoms with E-state index in [1.165, 1.54) is 25.3 Å². The number of hydrogen-bond donors (Lipinski definition) is 2.